The number of aromatic amines is 1. The number of phenols is 1. The molecule has 0 unspecified atom stereocenters. The van der Waals surface area contributed by atoms with Gasteiger partial charge in [-0.2, -0.15) is 0 Å². The summed E-state index contributed by atoms with van der Waals surface area (Å²) in [5, 5.41) is 49.2. The number of hydrogen-bond donors (Lipinski definition) is 5. The Hall–Kier alpha value is -4.84. The number of thiophene rings is 2. The largest absolute Gasteiger partial charge is 0.506 e. The molecule has 0 saturated heterocycles. The minimum absolute atomic E-state index is 0.0621. The number of carbonyl (C=O) groups is 1. The van der Waals surface area contributed by atoms with Crippen molar-refractivity contribution < 1.29 is 34.3 Å². The van der Waals surface area contributed by atoms with Gasteiger partial charge in [-0.1, -0.05) is 23.4 Å². The molecule has 1 saturated carbocycles. The fraction of sp³-hybridized carbons (Fsp3) is 0.385. The van der Waals surface area contributed by atoms with Crippen LogP contribution in [0.5, 0.6) is 17.2 Å². The van der Waals surface area contributed by atoms with Crippen molar-refractivity contribution in [2.45, 2.75) is 69.0 Å². The number of rotatable bonds is 14. The molecule has 8 rings (SSSR count). The van der Waals surface area contributed by atoms with E-state index in [2.05, 4.69) is 32.6 Å². The van der Waals surface area contributed by atoms with Gasteiger partial charge < -0.3 is 44.7 Å². The number of ether oxygens (including phenoxy) is 3. The number of pyridine rings is 1. The molecule has 16 heteroatoms. The highest BCUT2D eigenvalue weighted by atomic mass is 32.1. The number of aromatic nitrogens is 4. The van der Waals surface area contributed by atoms with Gasteiger partial charge in [0, 0.05) is 42.7 Å². The molecule has 2 aliphatic rings. The maximum absolute atomic E-state index is 13.4. The minimum atomic E-state index is -1.79. The molecular weight excluding hydrogens is 745 g/mol. The van der Waals surface area contributed by atoms with Crippen LogP contribution in [0.25, 0.3) is 21.9 Å². The number of aliphatic hydroxyl groups excluding tert-OH is 1. The van der Waals surface area contributed by atoms with Crippen molar-refractivity contribution in [3.63, 3.8) is 0 Å². The van der Waals surface area contributed by atoms with Gasteiger partial charge in [0.25, 0.3) is 0 Å². The van der Waals surface area contributed by atoms with Gasteiger partial charge in [-0.15, -0.1) is 27.8 Å². The molecular formula is C39H42N6O8S2. The second-order valence-corrected chi connectivity index (χ2v) is 15.9. The van der Waals surface area contributed by atoms with E-state index in [9.17, 15) is 24.9 Å². The van der Waals surface area contributed by atoms with Crippen molar-refractivity contribution in [1.29, 1.82) is 0 Å². The van der Waals surface area contributed by atoms with Crippen LogP contribution in [0.4, 0.5) is 0 Å². The summed E-state index contributed by atoms with van der Waals surface area (Å²) in [6.45, 7) is 2.12. The van der Waals surface area contributed by atoms with Crippen LogP contribution in [0.15, 0.2) is 70.2 Å². The zero-order valence-electron chi connectivity index (χ0n) is 30.1. The van der Waals surface area contributed by atoms with Crippen molar-refractivity contribution in [2.24, 2.45) is 0 Å². The second-order valence-electron chi connectivity index (χ2n) is 14.0. The molecule has 1 aliphatic carbocycles. The standard InChI is InChI=1S/C39H42N6O8S2/c1-44(24-7-9-25(10-8-24)53-38(49)39(50,31-5-2-17-54-31)32-6-3-18-55-32)15-4-16-45-35-28(42-43-45)19-23(36-37(35)52-22-51-36)20-40-21-30(47)26-11-13-29(46)34-27(26)12-14-33(48)41-34/h2-3,5-6,11-14,17-19,24-25,30,40,46-47,50H,4,7-10,15-16,20-22H2,1H3,(H,41,48)/t24-,25-,30-/m0/s1. The lowest BCUT2D eigenvalue weighted by Gasteiger charge is -2.35. The van der Waals surface area contributed by atoms with Crippen LogP contribution < -0.4 is 20.3 Å². The van der Waals surface area contributed by atoms with Crippen LogP contribution in [0.2, 0.25) is 0 Å². The first-order valence-electron chi connectivity index (χ1n) is 18.3. The predicted molar refractivity (Wildman–Crippen MR) is 208 cm³/mol. The van der Waals surface area contributed by atoms with E-state index in [1.807, 2.05) is 33.6 Å². The first-order valence-corrected chi connectivity index (χ1v) is 20.1. The van der Waals surface area contributed by atoms with E-state index in [0.717, 1.165) is 49.7 Å². The van der Waals surface area contributed by atoms with Crippen molar-refractivity contribution in [3.05, 3.63) is 96.6 Å². The molecule has 4 aromatic heterocycles. The van der Waals surface area contributed by atoms with Crippen molar-refractivity contribution in [1.82, 2.24) is 30.2 Å². The summed E-state index contributed by atoms with van der Waals surface area (Å²) in [6.07, 6.45) is 2.91. The number of nitrogens with zero attached hydrogens (tertiary/aromatic N) is 4. The Morgan fingerprint density at radius 1 is 1.09 bits per heavy atom. The van der Waals surface area contributed by atoms with Crippen molar-refractivity contribution in [3.8, 4) is 17.2 Å². The maximum atomic E-state index is 13.4. The number of aliphatic hydroxyl groups is 2. The number of aromatic hydroxyl groups is 1. The quantitative estimate of drug-likeness (QED) is 0.0956. The molecule has 1 atom stereocenters. The molecule has 5 heterocycles. The number of hydrogen-bond acceptors (Lipinski definition) is 14. The number of carbonyl (C=O) groups excluding carboxylic acids is 1. The van der Waals surface area contributed by atoms with Gasteiger partial charge in [0.15, 0.2) is 11.5 Å². The van der Waals surface area contributed by atoms with E-state index >= 15 is 0 Å². The Balaban J connectivity index is 0.842. The third kappa shape index (κ3) is 7.33. The first kappa shape index (κ1) is 37.1. The Morgan fingerprint density at radius 3 is 2.56 bits per heavy atom. The number of phenolic OH excluding ortho intramolecular Hbond substituents is 1. The number of nitrogens with one attached hydrogen (secondary N) is 2. The molecule has 14 nitrogen and oxygen atoms in total. The highest BCUT2D eigenvalue weighted by molar-refractivity contribution is 7.12. The van der Waals surface area contributed by atoms with Gasteiger partial charge in [0.2, 0.25) is 18.0 Å². The van der Waals surface area contributed by atoms with Crippen LogP contribution in [0.3, 0.4) is 0 Å². The summed E-state index contributed by atoms with van der Waals surface area (Å²) in [5.41, 5.74) is 1.01. The highest BCUT2D eigenvalue weighted by Gasteiger charge is 2.45. The lowest BCUT2D eigenvalue weighted by Crippen LogP contribution is -2.42. The summed E-state index contributed by atoms with van der Waals surface area (Å²) in [5.74, 6) is 0.536. The fourth-order valence-electron chi connectivity index (χ4n) is 7.66. The van der Waals surface area contributed by atoms with Gasteiger partial charge >= 0.3 is 5.97 Å². The van der Waals surface area contributed by atoms with Gasteiger partial charge in [-0.25, -0.2) is 9.48 Å². The Kier molecular flexibility index (Phi) is 10.6. The normalized spacial score (nSPS) is 17.7. The van der Waals surface area contributed by atoms with E-state index in [-0.39, 0.29) is 36.3 Å². The Bertz CT molecular complexity index is 2300. The zero-order chi connectivity index (χ0) is 38.1. The van der Waals surface area contributed by atoms with Crippen molar-refractivity contribution in [2.75, 3.05) is 26.9 Å². The van der Waals surface area contributed by atoms with E-state index in [1.165, 1.54) is 34.8 Å². The second kappa shape index (κ2) is 15.7. The molecule has 0 spiro atoms. The van der Waals surface area contributed by atoms with Gasteiger partial charge in [-0.05, 0) is 92.4 Å². The average Bonchev–Trinajstić information content (AvgIpc) is 4.03. The molecule has 288 valence electrons. The molecule has 0 radical (unpaired) electrons. The molecule has 5 N–H and O–H groups in total. The third-order valence-corrected chi connectivity index (χ3v) is 12.5. The van der Waals surface area contributed by atoms with Crippen LogP contribution in [-0.4, -0.2) is 85.2 Å². The zero-order valence-corrected chi connectivity index (χ0v) is 31.8. The summed E-state index contributed by atoms with van der Waals surface area (Å²) < 4.78 is 19.6. The maximum Gasteiger partial charge on any atom is 0.349 e. The molecule has 1 aliphatic heterocycles. The van der Waals surface area contributed by atoms with Crippen LogP contribution >= 0.6 is 22.7 Å². The first-order chi connectivity index (χ1) is 26.7. The minimum Gasteiger partial charge on any atom is -0.506 e. The number of H-pyrrole nitrogens is 1. The summed E-state index contributed by atoms with van der Waals surface area (Å²) in [4.78, 5) is 31.3. The smallest absolute Gasteiger partial charge is 0.349 e. The van der Waals surface area contributed by atoms with Gasteiger partial charge in [-0.3, -0.25) is 4.79 Å². The molecule has 0 amide bonds. The number of fused-ring (bicyclic) bond motifs is 4. The van der Waals surface area contributed by atoms with Crippen LogP contribution in [0, 0.1) is 0 Å². The Morgan fingerprint density at radius 2 is 1.84 bits per heavy atom. The predicted octanol–water partition coefficient (Wildman–Crippen LogP) is 4.77. The molecule has 1 fully saturated rings. The average molecular weight is 787 g/mol. The van der Waals surface area contributed by atoms with E-state index < -0.39 is 17.7 Å². The fourth-order valence-corrected chi connectivity index (χ4v) is 9.37. The SMILES string of the molecule is CN(CCCn1nnc2cc(CNC[C@H](O)c3ccc(O)c4[nH]c(=O)ccc34)c3c(c21)OCO3)[C@H]1CC[C@H](OC(=O)C(O)(c2cccs2)c2cccs2)CC1. The van der Waals surface area contributed by atoms with E-state index in [1.54, 1.807) is 24.3 Å². The Labute approximate surface area is 323 Å². The molecule has 55 heavy (non-hydrogen) atoms. The van der Waals surface area contributed by atoms with Gasteiger partial charge in [0.05, 0.1) is 21.4 Å². The van der Waals surface area contributed by atoms with E-state index in [0.29, 0.717) is 56.9 Å². The molecule has 0 bridgehead atoms. The lowest BCUT2D eigenvalue weighted by molar-refractivity contribution is -0.169. The highest BCUT2D eigenvalue weighted by Crippen LogP contribution is 2.42. The summed E-state index contributed by atoms with van der Waals surface area (Å²) >= 11 is 2.69. The number of esters is 1. The third-order valence-electron chi connectivity index (χ3n) is 10.6. The lowest BCUT2D eigenvalue weighted by atomic mass is 9.91. The molecule has 6 aromatic rings. The van der Waals surface area contributed by atoms with E-state index in [4.69, 9.17) is 14.2 Å². The summed E-state index contributed by atoms with van der Waals surface area (Å²) in [7, 11) is 2.12. The van der Waals surface area contributed by atoms with Crippen LogP contribution in [0.1, 0.15) is 59.1 Å². The number of aryl methyl sites for hydroxylation is 1. The van der Waals surface area contributed by atoms with Gasteiger partial charge in [0.1, 0.15) is 22.9 Å². The van der Waals surface area contributed by atoms with Crippen molar-refractivity contribution >= 4 is 50.6 Å². The topological polar surface area (TPSA) is 184 Å². The molecule has 2 aromatic carbocycles. The monoisotopic (exact) mass is 786 g/mol. The number of benzene rings is 2. The van der Waals surface area contributed by atoms with Crippen LogP contribution in [-0.2, 0) is 28.2 Å². The summed E-state index contributed by atoms with van der Waals surface area (Å²) in [6, 6.07) is 15.5.